The van der Waals surface area contributed by atoms with E-state index in [1.807, 2.05) is 0 Å². The normalized spacial score (nSPS) is 16.8. The molecular formula is C14H31Cl2N3O2. The summed E-state index contributed by atoms with van der Waals surface area (Å²) in [4.78, 5) is 14.1. The van der Waals surface area contributed by atoms with Crippen molar-refractivity contribution in [2.75, 3.05) is 39.4 Å². The molecular weight excluding hydrogens is 313 g/mol. The average Bonchev–Trinajstić information content (AvgIpc) is 2.38. The number of rotatable bonds is 8. The minimum atomic E-state index is -0.362. The molecule has 1 atom stereocenters. The summed E-state index contributed by atoms with van der Waals surface area (Å²) in [6.07, 6.45) is 2.87. The molecule has 0 aromatic rings. The Kier molecular flexibility index (Phi) is 15.0. The number of nitrogens with two attached hydrogens (primary N) is 1. The van der Waals surface area contributed by atoms with Crippen molar-refractivity contribution >= 4 is 30.7 Å². The second kappa shape index (κ2) is 13.6. The zero-order chi connectivity index (χ0) is 14.1. The van der Waals surface area contributed by atoms with Crippen molar-refractivity contribution in [3.63, 3.8) is 0 Å². The monoisotopic (exact) mass is 343 g/mol. The number of hydrogen-bond acceptors (Lipinski definition) is 4. The highest BCUT2D eigenvalue weighted by atomic mass is 35.5. The summed E-state index contributed by atoms with van der Waals surface area (Å²) in [5.41, 5.74) is 5.82. The van der Waals surface area contributed by atoms with E-state index < -0.39 is 0 Å². The number of ether oxygens (including phenoxy) is 1. The molecule has 3 N–H and O–H groups in total. The summed E-state index contributed by atoms with van der Waals surface area (Å²) in [5.74, 6) is 0.446. The third-order valence-corrected chi connectivity index (χ3v) is 3.37. The molecule has 21 heavy (non-hydrogen) atoms. The van der Waals surface area contributed by atoms with E-state index in [9.17, 15) is 4.79 Å². The van der Waals surface area contributed by atoms with Crippen LogP contribution < -0.4 is 11.1 Å². The highest BCUT2D eigenvalue weighted by Crippen LogP contribution is 2.03. The zero-order valence-corrected chi connectivity index (χ0v) is 14.8. The van der Waals surface area contributed by atoms with Crippen LogP contribution in [0.15, 0.2) is 0 Å². The van der Waals surface area contributed by atoms with Crippen LogP contribution in [0.2, 0.25) is 0 Å². The first-order valence-corrected chi connectivity index (χ1v) is 7.43. The van der Waals surface area contributed by atoms with E-state index in [4.69, 9.17) is 10.5 Å². The summed E-state index contributed by atoms with van der Waals surface area (Å²) in [7, 11) is 0. The van der Waals surface area contributed by atoms with E-state index in [0.717, 1.165) is 58.7 Å². The summed E-state index contributed by atoms with van der Waals surface area (Å²) in [6, 6.07) is -0.362. The Labute approximate surface area is 141 Å². The predicted molar refractivity (Wildman–Crippen MR) is 91.4 cm³/mol. The average molecular weight is 344 g/mol. The second-order valence-corrected chi connectivity index (χ2v) is 5.69. The molecule has 1 rings (SSSR count). The molecule has 0 bridgehead atoms. The topological polar surface area (TPSA) is 67.6 Å². The minimum Gasteiger partial charge on any atom is -0.379 e. The largest absolute Gasteiger partial charge is 0.379 e. The molecule has 1 amide bonds. The summed E-state index contributed by atoms with van der Waals surface area (Å²) in [5, 5.41) is 2.92. The quantitative estimate of drug-likeness (QED) is 0.654. The van der Waals surface area contributed by atoms with Crippen LogP contribution in [0.4, 0.5) is 0 Å². The molecule has 0 aliphatic carbocycles. The van der Waals surface area contributed by atoms with Gasteiger partial charge in [0.25, 0.3) is 0 Å². The fraction of sp³-hybridized carbons (Fsp3) is 0.929. The van der Waals surface area contributed by atoms with Gasteiger partial charge in [-0.15, -0.1) is 24.8 Å². The van der Waals surface area contributed by atoms with E-state index in [2.05, 4.69) is 24.1 Å². The van der Waals surface area contributed by atoms with Crippen molar-refractivity contribution in [2.24, 2.45) is 11.7 Å². The Balaban J connectivity index is 0. The van der Waals surface area contributed by atoms with Gasteiger partial charge in [-0.05, 0) is 31.7 Å². The van der Waals surface area contributed by atoms with Crippen LogP contribution in [0.5, 0.6) is 0 Å². The molecule has 1 aliphatic heterocycles. The van der Waals surface area contributed by atoms with Crippen molar-refractivity contribution in [2.45, 2.75) is 39.2 Å². The van der Waals surface area contributed by atoms with Gasteiger partial charge in [-0.1, -0.05) is 13.8 Å². The van der Waals surface area contributed by atoms with Gasteiger partial charge in [-0.25, -0.2) is 0 Å². The predicted octanol–water partition coefficient (Wildman–Crippen LogP) is 1.43. The number of nitrogens with one attached hydrogen (secondary N) is 1. The lowest BCUT2D eigenvalue weighted by atomic mass is 10.0. The molecule has 0 aromatic carbocycles. The highest BCUT2D eigenvalue weighted by molar-refractivity contribution is 5.85. The number of nitrogens with zero attached hydrogens (tertiary/aromatic N) is 1. The number of morpholine rings is 1. The van der Waals surface area contributed by atoms with Crippen molar-refractivity contribution in [1.82, 2.24) is 10.2 Å². The maximum absolute atomic E-state index is 11.7. The van der Waals surface area contributed by atoms with Crippen molar-refractivity contribution in [3.8, 4) is 0 Å². The Morgan fingerprint density at radius 1 is 1.24 bits per heavy atom. The van der Waals surface area contributed by atoms with Crippen LogP contribution in [-0.4, -0.2) is 56.2 Å². The fourth-order valence-corrected chi connectivity index (χ4v) is 2.24. The first-order chi connectivity index (χ1) is 9.09. The molecule has 0 spiro atoms. The molecule has 0 unspecified atom stereocenters. The van der Waals surface area contributed by atoms with Gasteiger partial charge in [0.05, 0.1) is 19.3 Å². The van der Waals surface area contributed by atoms with Crippen molar-refractivity contribution in [1.29, 1.82) is 0 Å². The molecule has 1 fully saturated rings. The fourth-order valence-electron chi connectivity index (χ4n) is 2.24. The summed E-state index contributed by atoms with van der Waals surface area (Å²) in [6.45, 7) is 9.75. The van der Waals surface area contributed by atoms with E-state index in [0.29, 0.717) is 5.92 Å². The standard InChI is InChI=1S/C14H29N3O2.2ClH/c1-12(2)11-13(15)14(18)16-5-3-4-6-17-7-9-19-10-8-17;;/h12-13H,3-11,15H2,1-2H3,(H,16,18);2*1H/t13-;;/m0../s1. The minimum absolute atomic E-state index is 0. The van der Waals surface area contributed by atoms with Gasteiger partial charge >= 0.3 is 0 Å². The third kappa shape index (κ3) is 11.2. The Bertz CT molecular complexity index is 263. The van der Waals surface area contributed by atoms with Gasteiger partial charge in [0.15, 0.2) is 0 Å². The van der Waals surface area contributed by atoms with Crippen molar-refractivity contribution < 1.29 is 9.53 Å². The smallest absolute Gasteiger partial charge is 0.236 e. The van der Waals surface area contributed by atoms with Gasteiger partial charge in [0.1, 0.15) is 0 Å². The van der Waals surface area contributed by atoms with Crippen molar-refractivity contribution in [3.05, 3.63) is 0 Å². The molecule has 1 aliphatic rings. The van der Waals surface area contributed by atoms with Gasteiger partial charge in [-0.3, -0.25) is 9.69 Å². The Morgan fingerprint density at radius 2 is 1.86 bits per heavy atom. The zero-order valence-electron chi connectivity index (χ0n) is 13.2. The van der Waals surface area contributed by atoms with E-state index in [-0.39, 0.29) is 36.8 Å². The Morgan fingerprint density at radius 3 is 2.43 bits per heavy atom. The van der Waals surface area contributed by atoms with Crippen LogP contribution in [0.25, 0.3) is 0 Å². The molecule has 1 saturated heterocycles. The summed E-state index contributed by atoms with van der Waals surface area (Å²) < 4.78 is 5.30. The van der Waals surface area contributed by atoms with Gasteiger partial charge in [-0.2, -0.15) is 0 Å². The Hall–Kier alpha value is -0.0700. The molecule has 0 radical (unpaired) electrons. The lowest BCUT2D eigenvalue weighted by molar-refractivity contribution is -0.122. The molecule has 0 saturated carbocycles. The van der Waals surface area contributed by atoms with E-state index >= 15 is 0 Å². The highest BCUT2D eigenvalue weighted by Gasteiger charge is 2.14. The van der Waals surface area contributed by atoms with E-state index in [1.165, 1.54) is 0 Å². The number of carbonyl (C=O) groups is 1. The van der Waals surface area contributed by atoms with Gasteiger partial charge in [0, 0.05) is 19.6 Å². The second-order valence-electron chi connectivity index (χ2n) is 5.69. The molecule has 128 valence electrons. The van der Waals surface area contributed by atoms with Crippen LogP contribution in [-0.2, 0) is 9.53 Å². The number of unbranched alkanes of at least 4 members (excludes halogenated alkanes) is 1. The SMILES string of the molecule is CC(C)C[C@H](N)C(=O)NCCCCN1CCOCC1.Cl.Cl. The number of amides is 1. The molecule has 0 aromatic heterocycles. The lowest BCUT2D eigenvalue weighted by Gasteiger charge is -2.26. The van der Waals surface area contributed by atoms with Crippen LogP contribution in [0.3, 0.4) is 0 Å². The third-order valence-electron chi connectivity index (χ3n) is 3.37. The van der Waals surface area contributed by atoms with Gasteiger partial charge < -0.3 is 15.8 Å². The van der Waals surface area contributed by atoms with Crippen LogP contribution in [0.1, 0.15) is 33.1 Å². The maximum atomic E-state index is 11.7. The number of hydrogen-bond donors (Lipinski definition) is 2. The lowest BCUT2D eigenvalue weighted by Crippen LogP contribution is -2.42. The first-order valence-electron chi connectivity index (χ1n) is 7.43. The van der Waals surface area contributed by atoms with Crippen LogP contribution >= 0.6 is 24.8 Å². The molecule has 5 nitrogen and oxygen atoms in total. The van der Waals surface area contributed by atoms with Crippen LogP contribution in [0, 0.1) is 5.92 Å². The van der Waals surface area contributed by atoms with E-state index in [1.54, 1.807) is 0 Å². The molecule has 1 heterocycles. The number of carbonyl (C=O) groups excluding carboxylic acids is 1. The first kappa shape index (κ1) is 23.2. The maximum Gasteiger partial charge on any atom is 0.236 e. The number of halogens is 2. The molecule has 7 heteroatoms. The van der Waals surface area contributed by atoms with Gasteiger partial charge in [0.2, 0.25) is 5.91 Å². The summed E-state index contributed by atoms with van der Waals surface area (Å²) >= 11 is 0.